The predicted molar refractivity (Wildman–Crippen MR) is 105 cm³/mol. The molecule has 0 aliphatic rings. The molecule has 2 rings (SSSR count). The van der Waals surface area contributed by atoms with Crippen LogP contribution in [-0.4, -0.2) is 29.1 Å². The molecule has 0 saturated carbocycles. The van der Waals surface area contributed by atoms with Crippen LogP contribution >= 0.6 is 0 Å². The fraction of sp³-hybridized carbons (Fsp3) is 0.476. The molecule has 2 aromatic rings. The van der Waals surface area contributed by atoms with Crippen LogP contribution in [0.25, 0.3) is 11.0 Å². The number of phenolic OH excluding ortho intramolecular Hbond substituents is 1. The van der Waals surface area contributed by atoms with Gasteiger partial charge >= 0.3 is 11.6 Å². The second-order valence-corrected chi connectivity index (χ2v) is 7.69. The third kappa shape index (κ3) is 7.06. The fourth-order valence-electron chi connectivity index (χ4n) is 2.79. The van der Waals surface area contributed by atoms with E-state index in [2.05, 4.69) is 5.32 Å². The second kappa shape index (κ2) is 9.39. The highest BCUT2D eigenvalue weighted by Gasteiger charge is 2.15. The first-order chi connectivity index (χ1) is 13.1. The maximum Gasteiger partial charge on any atom is 0.336 e. The van der Waals surface area contributed by atoms with E-state index in [1.54, 1.807) is 6.07 Å². The molecule has 1 aromatic carbocycles. The fourth-order valence-corrected chi connectivity index (χ4v) is 2.79. The van der Waals surface area contributed by atoms with E-state index in [0.717, 1.165) is 12.8 Å². The van der Waals surface area contributed by atoms with Crippen molar-refractivity contribution in [3.63, 3.8) is 0 Å². The van der Waals surface area contributed by atoms with E-state index >= 15 is 0 Å². The number of benzene rings is 1. The number of amides is 1. The molecular weight excluding hydrogens is 362 g/mol. The number of carbonyl (C=O) groups excluding carboxylic acids is 2. The summed E-state index contributed by atoms with van der Waals surface area (Å²) in [5.74, 6) is -0.423. The van der Waals surface area contributed by atoms with Gasteiger partial charge in [0.1, 0.15) is 16.9 Å². The zero-order chi connectivity index (χ0) is 20.7. The first-order valence-electron chi connectivity index (χ1n) is 9.38. The molecule has 2 N–H and O–H groups in total. The van der Waals surface area contributed by atoms with E-state index in [-0.39, 0.29) is 29.6 Å². The zero-order valence-corrected chi connectivity index (χ0v) is 16.5. The van der Waals surface area contributed by atoms with Gasteiger partial charge in [-0.2, -0.15) is 0 Å². The van der Waals surface area contributed by atoms with Gasteiger partial charge in [-0.3, -0.25) is 9.59 Å². The standard InChI is InChI=1S/C21H27NO6/c1-21(2,3)28-19(25)7-5-4-6-10-22-18(24)11-14-12-20(26)27-17-13-15(23)8-9-16(14)17/h8-9,12-13,23H,4-7,10-11H2,1-3H3,(H,22,24). The summed E-state index contributed by atoms with van der Waals surface area (Å²) >= 11 is 0. The molecule has 1 heterocycles. The third-order valence-corrected chi connectivity index (χ3v) is 3.96. The quantitative estimate of drug-likeness (QED) is 0.408. The number of ether oxygens (including phenoxy) is 1. The van der Waals surface area contributed by atoms with Crippen molar-refractivity contribution in [1.82, 2.24) is 5.32 Å². The molecular formula is C21H27NO6. The molecule has 0 spiro atoms. The number of unbranched alkanes of at least 4 members (excludes halogenated alkanes) is 2. The molecule has 0 aliphatic carbocycles. The lowest BCUT2D eigenvalue weighted by Crippen LogP contribution is -2.26. The second-order valence-electron chi connectivity index (χ2n) is 7.69. The van der Waals surface area contributed by atoms with Crippen LogP contribution < -0.4 is 10.9 Å². The van der Waals surface area contributed by atoms with Crippen molar-refractivity contribution in [2.24, 2.45) is 0 Å². The van der Waals surface area contributed by atoms with Crippen molar-refractivity contribution < 1.29 is 23.8 Å². The summed E-state index contributed by atoms with van der Waals surface area (Å²) in [5.41, 5.74) is -0.239. The highest BCUT2D eigenvalue weighted by molar-refractivity contribution is 5.87. The van der Waals surface area contributed by atoms with Crippen LogP contribution in [0.4, 0.5) is 0 Å². The average Bonchev–Trinajstić information content (AvgIpc) is 2.55. The monoisotopic (exact) mass is 389 g/mol. The number of phenols is 1. The molecule has 0 unspecified atom stereocenters. The van der Waals surface area contributed by atoms with Gasteiger partial charge in [-0.25, -0.2) is 4.79 Å². The summed E-state index contributed by atoms with van der Waals surface area (Å²) in [7, 11) is 0. The van der Waals surface area contributed by atoms with E-state index in [9.17, 15) is 19.5 Å². The van der Waals surface area contributed by atoms with Gasteiger partial charge in [0.15, 0.2) is 0 Å². The molecule has 7 nitrogen and oxygen atoms in total. The number of carbonyl (C=O) groups is 2. The highest BCUT2D eigenvalue weighted by atomic mass is 16.6. The van der Waals surface area contributed by atoms with Gasteiger partial charge in [-0.05, 0) is 51.3 Å². The maximum atomic E-state index is 12.2. The number of fused-ring (bicyclic) bond motifs is 1. The van der Waals surface area contributed by atoms with E-state index in [4.69, 9.17) is 9.15 Å². The summed E-state index contributed by atoms with van der Waals surface area (Å²) in [6.45, 7) is 6.00. The van der Waals surface area contributed by atoms with Gasteiger partial charge in [-0.1, -0.05) is 6.42 Å². The Kier molecular flexibility index (Phi) is 7.20. The van der Waals surface area contributed by atoms with Crippen molar-refractivity contribution in [2.75, 3.05) is 6.54 Å². The average molecular weight is 389 g/mol. The number of aromatic hydroxyl groups is 1. The minimum Gasteiger partial charge on any atom is -0.508 e. The Morgan fingerprint density at radius 1 is 1.14 bits per heavy atom. The lowest BCUT2D eigenvalue weighted by molar-refractivity contribution is -0.154. The molecule has 0 atom stereocenters. The van der Waals surface area contributed by atoms with Gasteiger partial charge in [-0.15, -0.1) is 0 Å². The Morgan fingerprint density at radius 2 is 1.89 bits per heavy atom. The first-order valence-corrected chi connectivity index (χ1v) is 9.38. The summed E-state index contributed by atoms with van der Waals surface area (Å²) in [6, 6.07) is 5.74. The van der Waals surface area contributed by atoms with E-state index < -0.39 is 11.2 Å². The van der Waals surface area contributed by atoms with Crippen LogP contribution in [0.3, 0.4) is 0 Å². The third-order valence-electron chi connectivity index (χ3n) is 3.96. The summed E-state index contributed by atoms with van der Waals surface area (Å²) in [6.07, 6.45) is 2.67. The molecule has 28 heavy (non-hydrogen) atoms. The lowest BCUT2D eigenvalue weighted by atomic mass is 10.1. The van der Waals surface area contributed by atoms with Crippen LogP contribution in [0.2, 0.25) is 0 Å². The van der Waals surface area contributed by atoms with Crippen molar-refractivity contribution >= 4 is 22.8 Å². The molecule has 0 radical (unpaired) electrons. The van der Waals surface area contributed by atoms with E-state index in [1.165, 1.54) is 18.2 Å². The lowest BCUT2D eigenvalue weighted by Gasteiger charge is -2.19. The van der Waals surface area contributed by atoms with Gasteiger partial charge in [0.2, 0.25) is 5.91 Å². The van der Waals surface area contributed by atoms with Gasteiger partial charge in [0.05, 0.1) is 6.42 Å². The number of esters is 1. The van der Waals surface area contributed by atoms with Crippen molar-refractivity contribution in [3.05, 3.63) is 40.2 Å². The minimum absolute atomic E-state index is 0.0105. The van der Waals surface area contributed by atoms with Gasteiger partial charge < -0.3 is 19.6 Å². The summed E-state index contributed by atoms with van der Waals surface area (Å²) in [5, 5.41) is 12.9. The topological polar surface area (TPSA) is 106 Å². The van der Waals surface area contributed by atoms with Crippen molar-refractivity contribution in [1.29, 1.82) is 0 Å². The smallest absolute Gasteiger partial charge is 0.336 e. The zero-order valence-electron chi connectivity index (χ0n) is 16.5. The molecule has 0 bridgehead atoms. The molecule has 7 heteroatoms. The van der Waals surface area contributed by atoms with Crippen LogP contribution in [0, 0.1) is 0 Å². The molecule has 0 fully saturated rings. The SMILES string of the molecule is CC(C)(C)OC(=O)CCCCCNC(=O)Cc1cc(=O)oc2cc(O)ccc12. The Balaban J connectivity index is 1.76. The largest absolute Gasteiger partial charge is 0.508 e. The highest BCUT2D eigenvalue weighted by Crippen LogP contribution is 2.22. The molecule has 0 aliphatic heterocycles. The molecule has 0 saturated heterocycles. The van der Waals surface area contributed by atoms with Crippen LogP contribution in [0.5, 0.6) is 5.75 Å². The van der Waals surface area contributed by atoms with Crippen molar-refractivity contribution in [3.8, 4) is 5.75 Å². The number of nitrogens with one attached hydrogen (secondary N) is 1. The Labute approximate surface area is 163 Å². The van der Waals surface area contributed by atoms with Crippen molar-refractivity contribution in [2.45, 2.75) is 58.5 Å². The molecule has 152 valence electrons. The van der Waals surface area contributed by atoms with Gasteiger partial charge in [0.25, 0.3) is 0 Å². The van der Waals surface area contributed by atoms with Crippen LogP contribution in [-0.2, 0) is 20.7 Å². The first kappa shape index (κ1) is 21.5. The summed E-state index contributed by atoms with van der Waals surface area (Å²) < 4.78 is 10.3. The van der Waals surface area contributed by atoms with Gasteiger partial charge in [0, 0.05) is 30.5 Å². The Morgan fingerprint density at radius 3 is 2.61 bits per heavy atom. The summed E-state index contributed by atoms with van der Waals surface area (Å²) in [4.78, 5) is 35.4. The number of hydrogen-bond acceptors (Lipinski definition) is 6. The number of rotatable bonds is 8. The van der Waals surface area contributed by atoms with E-state index in [1.807, 2.05) is 20.8 Å². The van der Waals surface area contributed by atoms with Crippen LogP contribution in [0.1, 0.15) is 52.0 Å². The predicted octanol–water partition coefficient (Wildman–Crippen LogP) is 3.06. The minimum atomic E-state index is -0.567. The number of hydrogen-bond donors (Lipinski definition) is 2. The maximum absolute atomic E-state index is 12.2. The van der Waals surface area contributed by atoms with Crippen LogP contribution in [0.15, 0.2) is 33.5 Å². The molecule has 1 aromatic heterocycles. The Hall–Kier alpha value is -2.83. The van der Waals surface area contributed by atoms with E-state index in [0.29, 0.717) is 30.3 Å². The Bertz CT molecular complexity index is 894. The normalized spacial score (nSPS) is 11.4. The molecule has 1 amide bonds.